The predicted molar refractivity (Wildman–Crippen MR) is 66.7 cm³/mol. The molecule has 1 heterocycles. The third-order valence-corrected chi connectivity index (χ3v) is 3.84. The average molecular weight is 273 g/mol. The number of aromatic hydroxyl groups is 1. The molecule has 0 bridgehead atoms. The van der Waals surface area contributed by atoms with Gasteiger partial charge in [-0.3, -0.25) is 4.90 Å². The van der Waals surface area contributed by atoms with E-state index in [-0.39, 0.29) is 0 Å². The molecule has 106 valence electrons. The molecule has 2 rings (SSSR count). The monoisotopic (exact) mass is 273 g/mol. The molecule has 1 fully saturated rings. The standard InChI is InChI=1S/C14H18F3NO/c1-9-6-18(7-10(9)2)8-11-3-4-13(19)12(5-11)14(15,16)17/h3-5,9-10,19H,6-8H2,1-2H3. The Balaban J connectivity index is 2.14. The molecule has 5 heteroatoms. The van der Waals surface area contributed by atoms with E-state index in [1.165, 1.54) is 0 Å². The number of hydrogen-bond acceptors (Lipinski definition) is 2. The van der Waals surface area contributed by atoms with Crippen LogP contribution in [0.15, 0.2) is 18.2 Å². The van der Waals surface area contributed by atoms with Crippen LogP contribution in [-0.4, -0.2) is 23.1 Å². The molecule has 0 aliphatic carbocycles. The normalized spacial score (nSPS) is 24.9. The van der Waals surface area contributed by atoms with Crippen molar-refractivity contribution in [3.05, 3.63) is 29.3 Å². The number of phenols is 1. The molecule has 0 amide bonds. The molecular weight excluding hydrogens is 255 g/mol. The largest absolute Gasteiger partial charge is 0.507 e. The van der Waals surface area contributed by atoms with Crippen molar-refractivity contribution in [2.24, 2.45) is 11.8 Å². The summed E-state index contributed by atoms with van der Waals surface area (Å²) >= 11 is 0. The number of halogens is 3. The molecule has 0 radical (unpaired) electrons. The van der Waals surface area contributed by atoms with E-state index in [9.17, 15) is 18.3 Å². The number of phenolic OH excluding ortho intramolecular Hbond substituents is 1. The van der Waals surface area contributed by atoms with Crippen molar-refractivity contribution in [2.45, 2.75) is 26.6 Å². The molecule has 0 saturated carbocycles. The Morgan fingerprint density at radius 1 is 1.21 bits per heavy atom. The van der Waals surface area contributed by atoms with E-state index in [4.69, 9.17) is 0 Å². The van der Waals surface area contributed by atoms with Crippen LogP contribution in [0, 0.1) is 11.8 Å². The minimum absolute atomic E-state index is 0.498. The minimum Gasteiger partial charge on any atom is -0.507 e. The van der Waals surface area contributed by atoms with Gasteiger partial charge in [0.1, 0.15) is 5.75 Å². The highest BCUT2D eigenvalue weighted by Gasteiger charge is 2.34. The molecule has 1 aromatic carbocycles. The number of alkyl halides is 3. The van der Waals surface area contributed by atoms with Crippen molar-refractivity contribution in [3.63, 3.8) is 0 Å². The highest BCUT2D eigenvalue weighted by molar-refractivity contribution is 5.38. The van der Waals surface area contributed by atoms with Crippen LogP contribution in [0.4, 0.5) is 13.2 Å². The summed E-state index contributed by atoms with van der Waals surface area (Å²) < 4.78 is 38.1. The SMILES string of the molecule is CC1CN(Cc2ccc(O)c(C(F)(F)F)c2)CC1C. The summed E-state index contributed by atoms with van der Waals surface area (Å²) in [5.41, 5.74) is -0.364. The highest BCUT2D eigenvalue weighted by Crippen LogP contribution is 2.36. The molecule has 1 N–H and O–H groups in total. The molecule has 1 aromatic rings. The zero-order valence-corrected chi connectivity index (χ0v) is 11.0. The van der Waals surface area contributed by atoms with E-state index in [2.05, 4.69) is 18.7 Å². The van der Waals surface area contributed by atoms with Gasteiger partial charge >= 0.3 is 6.18 Å². The van der Waals surface area contributed by atoms with Crippen LogP contribution in [0.5, 0.6) is 5.75 Å². The van der Waals surface area contributed by atoms with Crippen molar-refractivity contribution >= 4 is 0 Å². The van der Waals surface area contributed by atoms with Gasteiger partial charge in [-0.15, -0.1) is 0 Å². The van der Waals surface area contributed by atoms with Crippen LogP contribution in [-0.2, 0) is 12.7 Å². The molecule has 19 heavy (non-hydrogen) atoms. The number of likely N-dealkylation sites (tertiary alicyclic amines) is 1. The lowest BCUT2D eigenvalue weighted by Crippen LogP contribution is -2.20. The first kappa shape index (κ1) is 14.2. The van der Waals surface area contributed by atoms with Gasteiger partial charge in [0, 0.05) is 19.6 Å². The summed E-state index contributed by atoms with van der Waals surface area (Å²) in [7, 11) is 0. The van der Waals surface area contributed by atoms with Gasteiger partial charge in [0.25, 0.3) is 0 Å². The molecule has 0 spiro atoms. The maximum Gasteiger partial charge on any atom is 0.419 e. The zero-order chi connectivity index (χ0) is 14.2. The second-order valence-corrected chi connectivity index (χ2v) is 5.50. The Labute approximate surface area is 110 Å². The van der Waals surface area contributed by atoms with Crippen LogP contribution in [0.1, 0.15) is 25.0 Å². The Bertz CT molecular complexity index is 448. The summed E-state index contributed by atoms with van der Waals surface area (Å²) in [6.45, 7) is 6.62. The summed E-state index contributed by atoms with van der Waals surface area (Å²) in [4.78, 5) is 2.15. The lowest BCUT2D eigenvalue weighted by atomic mass is 10.0. The molecule has 2 nitrogen and oxygen atoms in total. The topological polar surface area (TPSA) is 23.5 Å². The lowest BCUT2D eigenvalue weighted by Gasteiger charge is -2.17. The quantitative estimate of drug-likeness (QED) is 0.891. The van der Waals surface area contributed by atoms with Gasteiger partial charge in [0.2, 0.25) is 0 Å². The van der Waals surface area contributed by atoms with Gasteiger partial charge in [-0.2, -0.15) is 13.2 Å². The Hall–Kier alpha value is -1.23. The number of rotatable bonds is 2. The maximum atomic E-state index is 12.7. The zero-order valence-electron chi connectivity index (χ0n) is 11.0. The van der Waals surface area contributed by atoms with E-state index in [1.54, 1.807) is 6.07 Å². The van der Waals surface area contributed by atoms with Crippen molar-refractivity contribution in [1.82, 2.24) is 4.90 Å². The third kappa shape index (κ3) is 3.21. The number of hydrogen-bond donors (Lipinski definition) is 1. The lowest BCUT2D eigenvalue weighted by molar-refractivity contribution is -0.138. The van der Waals surface area contributed by atoms with Crippen LogP contribution >= 0.6 is 0 Å². The van der Waals surface area contributed by atoms with Gasteiger partial charge in [-0.25, -0.2) is 0 Å². The van der Waals surface area contributed by atoms with Crippen molar-refractivity contribution in [2.75, 3.05) is 13.1 Å². The van der Waals surface area contributed by atoms with Crippen molar-refractivity contribution in [3.8, 4) is 5.75 Å². The summed E-state index contributed by atoms with van der Waals surface area (Å²) in [6, 6.07) is 3.72. The highest BCUT2D eigenvalue weighted by atomic mass is 19.4. The summed E-state index contributed by atoms with van der Waals surface area (Å²) in [5, 5.41) is 9.28. The van der Waals surface area contributed by atoms with Crippen LogP contribution in [0.2, 0.25) is 0 Å². The smallest absolute Gasteiger partial charge is 0.419 e. The first-order valence-corrected chi connectivity index (χ1v) is 6.39. The number of nitrogens with zero attached hydrogens (tertiary/aromatic N) is 1. The first-order valence-electron chi connectivity index (χ1n) is 6.39. The number of benzene rings is 1. The van der Waals surface area contributed by atoms with Crippen LogP contribution in [0.25, 0.3) is 0 Å². The van der Waals surface area contributed by atoms with Gasteiger partial charge in [-0.1, -0.05) is 19.9 Å². The maximum absolute atomic E-state index is 12.7. The molecule has 2 atom stereocenters. The van der Waals surface area contributed by atoms with Gasteiger partial charge in [0.05, 0.1) is 5.56 Å². The third-order valence-electron chi connectivity index (χ3n) is 3.84. The fourth-order valence-corrected chi connectivity index (χ4v) is 2.54. The molecule has 1 aliphatic heterocycles. The van der Waals surface area contributed by atoms with E-state index in [0.29, 0.717) is 23.9 Å². The fourth-order valence-electron chi connectivity index (χ4n) is 2.54. The Morgan fingerprint density at radius 3 is 2.32 bits per heavy atom. The van der Waals surface area contributed by atoms with Crippen molar-refractivity contribution < 1.29 is 18.3 Å². The summed E-state index contributed by atoms with van der Waals surface area (Å²) in [6.07, 6.45) is -4.51. The second-order valence-electron chi connectivity index (χ2n) is 5.50. The first-order chi connectivity index (χ1) is 8.77. The predicted octanol–water partition coefficient (Wildman–Crippen LogP) is 3.50. The Kier molecular flexibility index (Phi) is 3.76. The Morgan fingerprint density at radius 2 is 1.79 bits per heavy atom. The average Bonchev–Trinajstić information content (AvgIpc) is 2.59. The molecule has 0 aromatic heterocycles. The van der Waals surface area contributed by atoms with Gasteiger partial charge in [-0.05, 0) is 29.5 Å². The molecule has 1 saturated heterocycles. The van der Waals surface area contributed by atoms with Gasteiger partial charge in [0.15, 0.2) is 0 Å². The second kappa shape index (κ2) is 5.04. The van der Waals surface area contributed by atoms with Crippen LogP contribution in [0.3, 0.4) is 0 Å². The fraction of sp³-hybridized carbons (Fsp3) is 0.571. The molecular formula is C14H18F3NO. The van der Waals surface area contributed by atoms with E-state index in [0.717, 1.165) is 25.2 Å². The summed E-state index contributed by atoms with van der Waals surface area (Å²) in [5.74, 6) is 0.429. The molecule has 1 aliphatic rings. The van der Waals surface area contributed by atoms with Crippen molar-refractivity contribution in [1.29, 1.82) is 0 Å². The van der Waals surface area contributed by atoms with E-state index < -0.39 is 17.5 Å². The van der Waals surface area contributed by atoms with Crippen LogP contribution < -0.4 is 0 Å². The van der Waals surface area contributed by atoms with E-state index >= 15 is 0 Å². The van der Waals surface area contributed by atoms with E-state index in [1.807, 2.05) is 0 Å². The minimum atomic E-state index is -4.51. The van der Waals surface area contributed by atoms with Gasteiger partial charge < -0.3 is 5.11 Å². The molecule has 2 unspecified atom stereocenters.